The summed E-state index contributed by atoms with van der Waals surface area (Å²) >= 11 is 3.55. The smallest absolute Gasteiger partial charge is 0.132 e. The third-order valence-electron chi connectivity index (χ3n) is 6.28. The van der Waals surface area contributed by atoms with E-state index in [1.807, 2.05) is 24.3 Å². The van der Waals surface area contributed by atoms with Crippen molar-refractivity contribution in [2.24, 2.45) is 10.9 Å². The highest BCUT2D eigenvalue weighted by atomic mass is 79.9. The van der Waals surface area contributed by atoms with Crippen LogP contribution in [-0.4, -0.2) is 30.7 Å². The lowest BCUT2D eigenvalue weighted by Crippen LogP contribution is -2.44. The second kappa shape index (κ2) is 8.99. The van der Waals surface area contributed by atoms with Gasteiger partial charge in [0.1, 0.15) is 11.5 Å². The molecule has 33 heavy (non-hydrogen) atoms. The van der Waals surface area contributed by atoms with Crippen LogP contribution in [0.2, 0.25) is 0 Å². The number of Topliss-reactive ketones (excluding diaryl/α,β-unsaturated/α-hetero) is 1. The van der Waals surface area contributed by atoms with Gasteiger partial charge in [-0.15, -0.1) is 0 Å². The third kappa shape index (κ3) is 4.25. The molecule has 2 aromatic rings. The normalized spacial score (nSPS) is 23.2. The van der Waals surface area contributed by atoms with Crippen LogP contribution in [-0.2, 0) is 4.79 Å². The molecule has 2 aliphatic heterocycles. The van der Waals surface area contributed by atoms with E-state index in [4.69, 9.17) is 9.73 Å². The molecule has 0 bridgehead atoms. The summed E-state index contributed by atoms with van der Waals surface area (Å²) in [6, 6.07) is 16.3. The lowest BCUT2D eigenvalue weighted by atomic mass is 9.81. The Bertz CT molecular complexity index is 1220. The fourth-order valence-electron chi connectivity index (χ4n) is 4.71. The fraction of sp³-hybridized carbons (Fsp3) is 0.214. The average molecular weight is 501 g/mol. The number of rotatable bonds is 5. The molecule has 3 unspecified atom stereocenters. The van der Waals surface area contributed by atoms with E-state index < -0.39 is 0 Å². The Balaban J connectivity index is 1.70. The van der Waals surface area contributed by atoms with Crippen molar-refractivity contribution in [3.05, 3.63) is 101 Å². The zero-order valence-electron chi connectivity index (χ0n) is 18.6. The molecule has 0 amide bonds. The van der Waals surface area contributed by atoms with Crippen molar-refractivity contribution in [2.75, 3.05) is 12.0 Å². The van der Waals surface area contributed by atoms with Crippen molar-refractivity contribution in [2.45, 2.75) is 25.4 Å². The van der Waals surface area contributed by atoms with Gasteiger partial charge in [0.05, 0.1) is 30.6 Å². The Morgan fingerprint density at radius 3 is 2.48 bits per heavy atom. The zero-order chi connectivity index (χ0) is 22.9. The second-order valence-corrected chi connectivity index (χ2v) is 9.42. The highest BCUT2D eigenvalue weighted by molar-refractivity contribution is 9.10. The lowest BCUT2D eigenvalue weighted by molar-refractivity contribution is -0.117. The number of aliphatic imine (C=N–C) groups is 1. The highest BCUT2D eigenvalue weighted by Gasteiger charge is 2.37. The van der Waals surface area contributed by atoms with Gasteiger partial charge in [-0.25, -0.2) is 0 Å². The molecule has 3 aliphatic rings. The number of dihydropyridines is 1. The molecular formula is C28H25BrN2O2. The molecule has 2 aromatic carbocycles. The molecule has 3 atom stereocenters. The van der Waals surface area contributed by atoms with Crippen LogP contribution in [0.3, 0.4) is 0 Å². The number of carbonyl (C=O) groups is 1. The molecule has 0 saturated heterocycles. The summed E-state index contributed by atoms with van der Waals surface area (Å²) in [5.74, 6) is 1.17. The van der Waals surface area contributed by atoms with Gasteiger partial charge >= 0.3 is 0 Å². The van der Waals surface area contributed by atoms with E-state index in [9.17, 15) is 4.79 Å². The predicted molar refractivity (Wildman–Crippen MR) is 138 cm³/mol. The van der Waals surface area contributed by atoms with Gasteiger partial charge in [0.15, 0.2) is 0 Å². The first-order valence-electron chi connectivity index (χ1n) is 11.1. The average Bonchev–Trinajstić information content (AvgIpc) is 2.83. The number of carbonyl (C=O) groups excluding carboxylic acids is 1. The lowest BCUT2D eigenvalue weighted by Gasteiger charge is -2.42. The Morgan fingerprint density at radius 2 is 1.79 bits per heavy atom. The predicted octanol–water partition coefficient (Wildman–Crippen LogP) is 6.16. The molecule has 166 valence electrons. The number of halogens is 1. The third-order valence-corrected chi connectivity index (χ3v) is 6.81. The number of allylic oxidation sites excluding steroid dienone is 3. The highest BCUT2D eigenvalue weighted by Crippen LogP contribution is 2.40. The van der Waals surface area contributed by atoms with Crippen LogP contribution in [0.5, 0.6) is 5.75 Å². The maximum absolute atomic E-state index is 12.5. The molecule has 4 nitrogen and oxygen atoms in total. The molecule has 0 radical (unpaired) electrons. The number of nitrogens with zero attached hydrogens (tertiary/aromatic N) is 2. The summed E-state index contributed by atoms with van der Waals surface area (Å²) in [5, 5.41) is 0. The van der Waals surface area contributed by atoms with Gasteiger partial charge in [-0.2, -0.15) is 0 Å². The number of ketones is 1. The Kier molecular flexibility index (Phi) is 5.90. The largest absolute Gasteiger partial charge is 0.497 e. The van der Waals surface area contributed by atoms with Gasteiger partial charge in [0.2, 0.25) is 0 Å². The first-order valence-corrected chi connectivity index (χ1v) is 11.9. The minimum atomic E-state index is -0.134. The van der Waals surface area contributed by atoms with Crippen LogP contribution in [0.4, 0.5) is 5.69 Å². The Morgan fingerprint density at radius 1 is 1.06 bits per heavy atom. The van der Waals surface area contributed by atoms with Crippen molar-refractivity contribution >= 4 is 38.8 Å². The van der Waals surface area contributed by atoms with E-state index in [-0.39, 0.29) is 23.8 Å². The summed E-state index contributed by atoms with van der Waals surface area (Å²) in [5.41, 5.74) is 5.19. The van der Waals surface area contributed by atoms with E-state index in [2.05, 4.69) is 81.6 Å². The van der Waals surface area contributed by atoms with E-state index in [1.54, 1.807) is 14.0 Å². The Hall–Kier alpha value is -3.18. The van der Waals surface area contributed by atoms with Crippen LogP contribution >= 0.6 is 15.9 Å². The molecule has 0 aromatic heterocycles. The van der Waals surface area contributed by atoms with Crippen molar-refractivity contribution < 1.29 is 9.53 Å². The molecule has 0 N–H and O–H groups in total. The molecule has 1 aliphatic carbocycles. The Labute approximate surface area is 202 Å². The van der Waals surface area contributed by atoms with Crippen molar-refractivity contribution in [1.82, 2.24) is 0 Å². The summed E-state index contributed by atoms with van der Waals surface area (Å²) in [7, 11) is 1.67. The first kappa shape index (κ1) is 21.7. The summed E-state index contributed by atoms with van der Waals surface area (Å²) in [4.78, 5) is 19.8. The number of benzene rings is 2. The maximum atomic E-state index is 12.5. The van der Waals surface area contributed by atoms with Gasteiger partial charge in [-0.05, 0) is 72.7 Å². The second-order valence-electron chi connectivity index (χ2n) is 8.50. The maximum Gasteiger partial charge on any atom is 0.132 e. The van der Waals surface area contributed by atoms with Crippen LogP contribution < -0.4 is 9.64 Å². The van der Waals surface area contributed by atoms with E-state index in [1.165, 1.54) is 0 Å². The van der Waals surface area contributed by atoms with Gasteiger partial charge in [0, 0.05) is 22.5 Å². The zero-order valence-corrected chi connectivity index (χ0v) is 20.2. The quantitative estimate of drug-likeness (QED) is 0.493. The van der Waals surface area contributed by atoms with Gasteiger partial charge in [-0.3, -0.25) is 9.79 Å². The van der Waals surface area contributed by atoms with Gasteiger partial charge in [-0.1, -0.05) is 46.3 Å². The minimum absolute atomic E-state index is 0.0966. The van der Waals surface area contributed by atoms with E-state index in [0.29, 0.717) is 6.42 Å². The van der Waals surface area contributed by atoms with Crippen LogP contribution in [0.15, 0.2) is 100 Å². The van der Waals surface area contributed by atoms with Gasteiger partial charge < -0.3 is 9.64 Å². The van der Waals surface area contributed by atoms with E-state index in [0.717, 1.165) is 38.5 Å². The number of hydrogen-bond acceptors (Lipinski definition) is 4. The number of anilines is 1. The minimum Gasteiger partial charge on any atom is -0.497 e. The van der Waals surface area contributed by atoms with Gasteiger partial charge in [0.25, 0.3) is 0 Å². The number of hydrogen-bond donors (Lipinski definition) is 0. The monoisotopic (exact) mass is 500 g/mol. The summed E-state index contributed by atoms with van der Waals surface area (Å²) in [6.45, 7) is 1.66. The van der Waals surface area contributed by atoms with Crippen molar-refractivity contribution in [3.8, 4) is 5.75 Å². The fourth-order valence-corrected chi connectivity index (χ4v) is 4.97. The number of fused-ring (bicyclic) bond motifs is 2. The molecule has 5 heteroatoms. The van der Waals surface area contributed by atoms with E-state index >= 15 is 0 Å². The molecule has 2 heterocycles. The summed E-state index contributed by atoms with van der Waals surface area (Å²) in [6.07, 6.45) is 13.3. The molecule has 5 rings (SSSR count). The SMILES string of the molecule is COc1ccc(C2=CC3=NC4C=CC=CC4C=C3C(CC(C)=O)N2c2ccc(Br)cc2)cc1. The summed E-state index contributed by atoms with van der Waals surface area (Å²) < 4.78 is 6.39. The topological polar surface area (TPSA) is 41.9 Å². The van der Waals surface area contributed by atoms with Crippen LogP contribution in [0, 0.1) is 5.92 Å². The molecule has 0 fully saturated rings. The van der Waals surface area contributed by atoms with Crippen LogP contribution in [0.25, 0.3) is 5.70 Å². The standard InChI is InChI=1S/C28H25BrN2O2/c1-18(32)15-28-24-16-20-5-3-4-6-25(20)30-26(24)17-27(19-7-13-23(33-2)14-8-19)31(28)22-11-9-21(29)10-12-22/h3-14,16-17,20,25,28H,15H2,1-2H3. The van der Waals surface area contributed by atoms with Crippen molar-refractivity contribution in [3.63, 3.8) is 0 Å². The molecule has 0 saturated carbocycles. The molecular weight excluding hydrogens is 476 g/mol. The first-order chi connectivity index (χ1) is 16.0. The number of methoxy groups -OCH3 is 1. The number of ether oxygens (including phenoxy) is 1. The van der Waals surface area contributed by atoms with Crippen molar-refractivity contribution in [1.29, 1.82) is 0 Å². The molecule has 0 spiro atoms. The van der Waals surface area contributed by atoms with Crippen LogP contribution in [0.1, 0.15) is 18.9 Å².